The van der Waals surface area contributed by atoms with Crippen LogP contribution in [0.15, 0.2) is 9.98 Å². The van der Waals surface area contributed by atoms with Gasteiger partial charge < -0.3 is 0 Å². The fraction of sp³-hybridized carbons (Fsp3) is 0.769. The van der Waals surface area contributed by atoms with Gasteiger partial charge in [-0.05, 0) is 5.41 Å². The number of ketones is 1. The molecule has 0 N–H and O–H groups in total. The molecule has 0 bridgehead atoms. The predicted octanol–water partition coefficient (Wildman–Crippen LogP) is 2.89. The van der Waals surface area contributed by atoms with E-state index in [2.05, 4.69) is 30.8 Å². The molecular weight excluding hydrogens is 200 g/mol. The van der Waals surface area contributed by atoms with Crippen molar-refractivity contribution in [3.05, 3.63) is 0 Å². The number of hydrogen-bond acceptors (Lipinski definition) is 3. The molecule has 1 aliphatic rings. The Morgan fingerprint density at radius 3 is 2.19 bits per heavy atom. The van der Waals surface area contributed by atoms with E-state index in [4.69, 9.17) is 0 Å². The van der Waals surface area contributed by atoms with E-state index in [1.165, 1.54) is 0 Å². The van der Waals surface area contributed by atoms with Crippen LogP contribution in [0.4, 0.5) is 0 Å². The molecule has 0 aromatic heterocycles. The molecule has 1 aliphatic heterocycles. The monoisotopic (exact) mass is 222 g/mol. The van der Waals surface area contributed by atoms with Crippen molar-refractivity contribution in [1.29, 1.82) is 0 Å². The first-order chi connectivity index (χ1) is 7.09. The number of nitrogens with zero attached hydrogens (tertiary/aromatic N) is 2. The van der Waals surface area contributed by atoms with Crippen molar-refractivity contribution in [2.75, 3.05) is 6.54 Å². The molecule has 0 saturated heterocycles. The maximum Gasteiger partial charge on any atom is 0.184 e. The number of aliphatic imine (C=N–C) groups is 2. The molecular formula is C13H22N2O. The first-order valence-electron chi connectivity index (χ1n) is 5.75. The Hall–Kier alpha value is -0.990. The summed E-state index contributed by atoms with van der Waals surface area (Å²) in [6.45, 7) is 12.7. The summed E-state index contributed by atoms with van der Waals surface area (Å²) in [6.07, 6.45) is 0.827. The van der Waals surface area contributed by atoms with Crippen LogP contribution in [-0.2, 0) is 4.79 Å². The average molecular weight is 222 g/mol. The van der Waals surface area contributed by atoms with E-state index < -0.39 is 0 Å². The van der Waals surface area contributed by atoms with Gasteiger partial charge in [0.2, 0.25) is 0 Å². The van der Waals surface area contributed by atoms with Crippen LogP contribution in [0.1, 0.15) is 48.0 Å². The maximum absolute atomic E-state index is 12.0. The van der Waals surface area contributed by atoms with Gasteiger partial charge in [0.05, 0.1) is 6.54 Å². The lowest BCUT2D eigenvalue weighted by molar-refractivity contribution is -0.119. The van der Waals surface area contributed by atoms with Crippen LogP contribution >= 0.6 is 0 Å². The van der Waals surface area contributed by atoms with Crippen molar-refractivity contribution in [3.63, 3.8) is 0 Å². The maximum atomic E-state index is 12.0. The predicted molar refractivity (Wildman–Crippen MR) is 68.3 cm³/mol. The number of carbonyl (C=O) groups excluding carboxylic acids is 1. The molecule has 0 fully saturated rings. The third-order valence-electron chi connectivity index (χ3n) is 2.31. The van der Waals surface area contributed by atoms with Crippen LogP contribution in [0.2, 0.25) is 0 Å². The Kier molecular flexibility index (Phi) is 3.36. The Morgan fingerprint density at radius 2 is 1.75 bits per heavy atom. The second kappa shape index (κ2) is 4.11. The van der Waals surface area contributed by atoms with Gasteiger partial charge in [-0.25, -0.2) is 4.99 Å². The minimum atomic E-state index is -0.356. The van der Waals surface area contributed by atoms with Crippen molar-refractivity contribution < 1.29 is 4.79 Å². The van der Waals surface area contributed by atoms with Gasteiger partial charge in [0.25, 0.3) is 0 Å². The molecule has 0 spiro atoms. The largest absolute Gasteiger partial charge is 0.292 e. The van der Waals surface area contributed by atoms with Crippen LogP contribution in [0.5, 0.6) is 0 Å². The van der Waals surface area contributed by atoms with Crippen LogP contribution in [-0.4, -0.2) is 23.9 Å². The second-order valence-electron chi connectivity index (χ2n) is 6.61. The number of Topliss-reactive ketones (excluding diaryl/α,β-unsaturated/α-hetero) is 1. The Labute approximate surface area is 98.1 Å². The zero-order chi connectivity index (χ0) is 12.6. The standard InChI is InChI=1S/C13H22N2O/c1-12(2,3)7-10-14-8-9(15-10)11(16)13(4,5)6/h7-8H2,1-6H3. The van der Waals surface area contributed by atoms with Gasteiger partial charge in [-0.15, -0.1) is 0 Å². The van der Waals surface area contributed by atoms with Crippen molar-refractivity contribution in [3.8, 4) is 0 Å². The smallest absolute Gasteiger partial charge is 0.184 e. The van der Waals surface area contributed by atoms with Gasteiger partial charge in [0.1, 0.15) is 11.5 Å². The van der Waals surface area contributed by atoms with E-state index in [1.54, 1.807) is 0 Å². The first-order valence-corrected chi connectivity index (χ1v) is 5.75. The highest BCUT2D eigenvalue weighted by Gasteiger charge is 2.29. The van der Waals surface area contributed by atoms with Gasteiger partial charge in [0, 0.05) is 11.8 Å². The molecule has 0 atom stereocenters. The molecule has 0 aromatic carbocycles. The molecule has 90 valence electrons. The Morgan fingerprint density at radius 1 is 1.19 bits per heavy atom. The highest BCUT2D eigenvalue weighted by molar-refractivity contribution is 6.44. The fourth-order valence-corrected chi connectivity index (χ4v) is 1.52. The van der Waals surface area contributed by atoms with Crippen molar-refractivity contribution in [2.24, 2.45) is 20.8 Å². The van der Waals surface area contributed by atoms with Crippen LogP contribution in [0.25, 0.3) is 0 Å². The summed E-state index contributed by atoms with van der Waals surface area (Å²) in [7, 11) is 0. The third-order valence-corrected chi connectivity index (χ3v) is 2.31. The number of hydrogen-bond donors (Lipinski definition) is 0. The van der Waals surface area contributed by atoms with Crippen LogP contribution < -0.4 is 0 Å². The number of rotatable bonds is 2. The molecule has 0 saturated carbocycles. The van der Waals surface area contributed by atoms with E-state index in [9.17, 15) is 4.79 Å². The summed E-state index contributed by atoms with van der Waals surface area (Å²) in [6, 6.07) is 0. The van der Waals surface area contributed by atoms with Crippen molar-refractivity contribution in [2.45, 2.75) is 48.0 Å². The van der Waals surface area contributed by atoms with Gasteiger partial charge >= 0.3 is 0 Å². The van der Waals surface area contributed by atoms with Gasteiger partial charge in [-0.2, -0.15) is 0 Å². The van der Waals surface area contributed by atoms with E-state index in [1.807, 2.05) is 20.8 Å². The van der Waals surface area contributed by atoms with Gasteiger partial charge in [-0.1, -0.05) is 41.5 Å². The molecule has 3 nitrogen and oxygen atoms in total. The number of amidine groups is 1. The average Bonchev–Trinajstić information content (AvgIpc) is 2.46. The normalized spacial score (nSPS) is 17.1. The molecule has 0 aromatic rings. The summed E-state index contributed by atoms with van der Waals surface area (Å²) in [5.74, 6) is 0.931. The summed E-state index contributed by atoms with van der Waals surface area (Å²) >= 11 is 0. The minimum absolute atomic E-state index is 0.111. The SMILES string of the molecule is CC(C)(C)CC1=NCC(C(=O)C(C)(C)C)=N1. The van der Waals surface area contributed by atoms with E-state index in [-0.39, 0.29) is 16.6 Å². The lowest BCUT2D eigenvalue weighted by Crippen LogP contribution is -2.29. The lowest BCUT2D eigenvalue weighted by atomic mass is 9.88. The highest BCUT2D eigenvalue weighted by Crippen LogP contribution is 2.23. The van der Waals surface area contributed by atoms with E-state index >= 15 is 0 Å². The molecule has 0 aliphatic carbocycles. The molecule has 0 unspecified atom stereocenters. The zero-order valence-electron chi connectivity index (χ0n) is 11.2. The minimum Gasteiger partial charge on any atom is -0.292 e. The van der Waals surface area contributed by atoms with E-state index in [0.29, 0.717) is 12.3 Å². The van der Waals surface area contributed by atoms with Crippen LogP contribution in [0.3, 0.4) is 0 Å². The van der Waals surface area contributed by atoms with Crippen LogP contribution in [0, 0.1) is 10.8 Å². The summed E-state index contributed by atoms with van der Waals surface area (Å²) in [4.78, 5) is 20.7. The molecule has 1 heterocycles. The Bertz CT molecular complexity index is 351. The van der Waals surface area contributed by atoms with Gasteiger partial charge in [0.15, 0.2) is 5.78 Å². The summed E-state index contributed by atoms with van der Waals surface area (Å²) in [5, 5.41) is 0. The zero-order valence-corrected chi connectivity index (χ0v) is 11.2. The number of carbonyl (C=O) groups is 1. The molecule has 3 heteroatoms. The molecule has 0 amide bonds. The third kappa shape index (κ3) is 3.54. The fourth-order valence-electron chi connectivity index (χ4n) is 1.52. The topological polar surface area (TPSA) is 41.8 Å². The molecule has 16 heavy (non-hydrogen) atoms. The summed E-state index contributed by atoms with van der Waals surface area (Å²) < 4.78 is 0. The first kappa shape index (κ1) is 13.1. The van der Waals surface area contributed by atoms with Crippen molar-refractivity contribution >= 4 is 17.3 Å². The lowest BCUT2D eigenvalue weighted by Gasteiger charge is -2.16. The Balaban J connectivity index is 2.72. The second-order valence-corrected chi connectivity index (χ2v) is 6.61. The summed E-state index contributed by atoms with van der Waals surface area (Å²) in [5.41, 5.74) is 0.431. The molecule has 0 radical (unpaired) electrons. The molecule has 1 rings (SSSR count). The van der Waals surface area contributed by atoms with Crippen molar-refractivity contribution in [1.82, 2.24) is 0 Å². The highest BCUT2D eigenvalue weighted by atomic mass is 16.1. The van der Waals surface area contributed by atoms with E-state index in [0.717, 1.165) is 12.3 Å². The van der Waals surface area contributed by atoms with Gasteiger partial charge in [-0.3, -0.25) is 9.79 Å². The quantitative estimate of drug-likeness (QED) is 0.708.